The minimum atomic E-state index is -0.523. The van der Waals surface area contributed by atoms with Crippen molar-refractivity contribution < 1.29 is 9.72 Å². The third-order valence-electron chi connectivity index (χ3n) is 4.16. The average molecular weight is 365 g/mol. The molecule has 0 spiro atoms. The molecule has 1 heterocycles. The molecule has 0 saturated heterocycles. The van der Waals surface area contributed by atoms with Crippen LogP contribution >= 0.6 is 0 Å². The Labute approximate surface area is 156 Å². The van der Waals surface area contributed by atoms with Gasteiger partial charge in [0.15, 0.2) is 0 Å². The second-order valence-corrected chi connectivity index (χ2v) is 6.31. The summed E-state index contributed by atoms with van der Waals surface area (Å²) >= 11 is 0. The fourth-order valence-electron chi connectivity index (χ4n) is 2.76. The first-order chi connectivity index (χ1) is 13.0. The maximum atomic E-state index is 13.0. The molecule has 1 amide bonds. The third kappa shape index (κ3) is 4.00. The zero-order chi connectivity index (χ0) is 19.4. The van der Waals surface area contributed by atoms with Gasteiger partial charge in [-0.05, 0) is 31.5 Å². The molecule has 3 aromatic rings. The van der Waals surface area contributed by atoms with Gasteiger partial charge in [-0.25, -0.2) is 9.67 Å². The van der Waals surface area contributed by atoms with Crippen molar-refractivity contribution in [3.8, 4) is 5.69 Å². The summed E-state index contributed by atoms with van der Waals surface area (Å²) in [7, 11) is 0. The summed E-state index contributed by atoms with van der Waals surface area (Å²) in [6, 6.07) is 13.9. The number of nitrogens with zero attached hydrogens (tertiary/aromatic N) is 5. The van der Waals surface area contributed by atoms with Crippen molar-refractivity contribution in [2.75, 3.05) is 0 Å². The minimum Gasteiger partial charge on any atom is -0.332 e. The summed E-state index contributed by atoms with van der Waals surface area (Å²) in [5.41, 5.74) is 1.31. The minimum absolute atomic E-state index is 0.0632. The lowest BCUT2D eigenvalue weighted by Crippen LogP contribution is -2.36. The largest absolute Gasteiger partial charge is 0.332 e. The molecule has 2 aromatic carbocycles. The lowest BCUT2D eigenvalue weighted by Gasteiger charge is -2.27. The highest BCUT2D eigenvalue weighted by atomic mass is 16.6. The van der Waals surface area contributed by atoms with E-state index in [4.69, 9.17) is 0 Å². The Morgan fingerprint density at radius 2 is 1.96 bits per heavy atom. The van der Waals surface area contributed by atoms with Crippen molar-refractivity contribution in [2.24, 2.45) is 0 Å². The lowest BCUT2D eigenvalue weighted by molar-refractivity contribution is -0.384. The Hall–Kier alpha value is -3.55. The highest BCUT2D eigenvalue weighted by Crippen LogP contribution is 2.25. The monoisotopic (exact) mass is 365 g/mol. The van der Waals surface area contributed by atoms with E-state index in [0.717, 1.165) is 5.56 Å². The van der Waals surface area contributed by atoms with Crippen molar-refractivity contribution in [3.05, 3.63) is 82.4 Å². The number of benzene rings is 2. The highest BCUT2D eigenvalue weighted by Gasteiger charge is 2.24. The van der Waals surface area contributed by atoms with Gasteiger partial charge in [0.25, 0.3) is 11.6 Å². The van der Waals surface area contributed by atoms with E-state index in [1.807, 2.05) is 44.2 Å². The van der Waals surface area contributed by atoms with Crippen molar-refractivity contribution in [1.29, 1.82) is 0 Å². The predicted octanol–water partition coefficient (Wildman–Crippen LogP) is 3.23. The zero-order valence-corrected chi connectivity index (χ0v) is 15.0. The van der Waals surface area contributed by atoms with Gasteiger partial charge in [-0.3, -0.25) is 14.9 Å². The van der Waals surface area contributed by atoms with Crippen LogP contribution in [0.4, 0.5) is 5.69 Å². The first-order valence-electron chi connectivity index (χ1n) is 8.45. The summed E-state index contributed by atoms with van der Waals surface area (Å²) in [5.74, 6) is -0.262. The molecule has 0 aliphatic carbocycles. The molecule has 0 atom stereocenters. The van der Waals surface area contributed by atoms with E-state index < -0.39 is 4.92 Å². The Morgan fingerprint density at radius 3 is 2.56 bits per heavy atom. The number of nitro benzene ring substituents is 1. The fourth-order valence-corrected chi connectivity index (χ4v) is 2.76. The number of carbonyl (C=O) groups is 1. The molecular formula is C19H19N5O3. The van der Waals surface area contributed by atoms with Gasteiger partial charge in [0.05, 0.1) is 4.92 Å². The van der Waals surface area contributed by atoms with Crippen LogP contribution in [0.3, 0.4) is 0 Å². The number of amides is 1. The molecule has 0 bridgehead atoms. The van der Waals surface area contributed by atoms with Crippen LogP contribution in [0, 0.1) is 10.1 Å². The molecule has 8 heteroatoms. The lowest BCUT2D eigenvalue weighted by atomic mass is 10.1. The van der Waals surface area contributed by atoms with Gasteiger partial charge >= 0.3 is 0 Å². The van der Waals surface area contributed by atoms with Gasteiger partial charge in [0.2, 0.25) is 0 Å². The Kier molecular flexibility index (Phi) is 5.25. The van der Waals surface area contributed by atoms with Gasteiger partial charge < -0.3 is 4.90 Å². The number of rotatable bonds is 6. The van der Waals surface area contributed by atoms with Crippen LogP contribution in [0.15, 0.2) is 61.2 Å². The summed E-state index contributed by atoms with van der Waals surface area (Å²) in [6.07, 6.45) is 2.67. The van der Waals surface area contributed by atoms with E-state index >= 15 is 0 Å². The standard InChI is InChI=1S/C19H19N5O3/c1-14(2)22(11-15-6-4-3-5-7-15)19(25)16-8-9-17(18(10-16)24(26)27)23-13-20-12-21-23/h3-10,12-14H,11H2,1-2H3. The fraction of sp³-hybridized carbons (Fsp3) is 0.211. The molecule has 0 fully saturated rings. The molecule has 0 aliphatic rings. The number of hydrogen-bond acceptors (Lipinski definition) is 5. The third-order valence-corrected chi connectivity index (χ3v) is 4.16. The summed E-state index contributed by atoms with van der Waals surface area (Å²) in [5, 5.41) is 15.4. The zero-order valence-electron chi connectivity index (χ0n) is 15.0. The molecule has 27 heavy (non-hydrogen) atoms. The molecule has 0 saturated carbocycles. The van der Waals surface area contributed by atoms with Gasteiger partial charge in [-0.15, -0.1) is 0 Å². The second kappa shape index (κ2) is 7.77. The first-order valence-corrected chi connectivity index (χ1v) is 8.45. The van der Waals surface area contributed by atoms with Crippen LogP contribution in [0.25, 0.3) is 5.69 Å². The highest BCUT2D eigenvalue weighted by molar-refractivity contribution is 5.95. The van der Waals surface area contributed by atoms with Crippen LogP contribution in [0.1, 0.15) is 29.8 Å². The van der Waals surface area contributed by atoms with Gasteiger partial charge in [-0.1, -0.05) is 30.3 Å². The molecule has 1 aromatic heterocycles. The molecule has 0 radical (unpaired) electrons. The maximum Gasteiger partial charge on any atom is 0.295 e. The summed E-state index contributed by atoms with van der Waals surface area (Å²) < 4.78 is 1.30. The van der Waals surface area contributed by atoms with Crippen LogP contribution in [-0.2, 0) is 6.54 Å². The normalized spacial score (nSPS) is 10.8. The average Bonchev–Trinajstić information content (AvgIpc) is 3.20. The number of aromatic nitrogens is 3. The van der Waals surface area contributed by atoms with Crippen LogP contribution in [0.5, 0.6) is 0 Å². The quantitative estimate of drug-likeness (QED) is 0.494. The second-order valence-electron chi connectivity index (χ2n) is 6.31. The van der Waals surface area contributed by atoms with Gasteiger partial charge in [0.1, 0.15) is 18.3 Å². The molecule has 0 N–H and O–H groups in total. The van der Waals surface area contributed by atoms with Gasteiger partial charge in [-0.2, -0.15) is 5.10 Å². The smallest absolute Gasteiger partial charge is 0.295 e. The predicted molar refractivity (Wildman–Crippen MR) is 99.5 cm³/mol. The van der Waals surface area contributed by atoms with E-state index in [-0.39, 0.29) is 28.9 Å². The number of carbonyl (C=O) groups excluding carboxylic acids is 1. The molecule has 0 unspecified atom stereocenters. The van der Waals surface area contributed by atoms with Crippen molar-refractivity contribution in [3.63, 3.8) is 0 Å². The topological polar surface area (TPSA) is 94.2 Å². The van der Waals surface area contributed by atoms with Crippen molar-refractivity contribution in [2.45, 2.75) is 26.4 Å². The Morgan fingerprint density at radius 1 is 1.22 bits per heavy atom. The molecule has 0 aliphatic heterocycles. The number of hydrogen-bond donors (Lipinski definition) is 0. The molecule has 138 valence electrons. The van der Waals surface area contributed by atoms with Gasteiger partial charge in [0, 0.05) is 24.2 Å². The van der Waals surface area contributed by atoms with Crippen molar-refractivity contribution in [1.82, 2.24) is 19.7 Å². The van der Waals surface area contributed by atoms with E-state index in [2.05, 4.69) is 10.1 Å². The summed E-state index contributed by atoms with van der Waals surface area (Å²) in [6.45, 7) is 4.26. The van der Waals surface area contributed by atoms with Crippen LogP contribution in [0.2, 0.25) is 0 Å². The van der Waals surface area contributed by atoms with E-state index in [1.165, 1.54) is 29.5 Å². The SMILES string of the molecule is CC(C)N(Cc1ccccc1)C(=O)c1ccc(-n2cncn2)c([N+](=O)[O-])c1. The first kappa shape index (κ1) is 18.2. The molecule has 8 nitrogen and oxygen atoms in total. The number of nitro groups is 1. The van der Waals surface area contributed by atoms with Crippen LogP contribution in [-0.4, -0.2) is 36.5 Å². The van der Waals surface area contributed by atoms with Crippen LogP contribution < -0.4 is 0 Å². The van der Waals surface area contributed by atoms with E-state index in [9.17, 15) is 14.9 Å². The Bertz CT molecular complexity index is 939. The molecule has 3 rings (SSSR count). The molecular weight excluding hydrogens is 346 g/mol. The van der Waals surface area contributed by atoms with Crippen molar-refractivity contribution >= 4 is 11.6 Å². The van der Waals surface area contributed by atoms with E-state index in [0.29, 0.717) is 6.54 Å². The Balaban J connectivity index is 1.95. The summed E-state index contributed by atoms with van der Waals surface area (Å²) in [4.78, 5) is 29.5. The van der Waals surface area contributed by atoms with E-state index in [1.54, 1.807) is 11.0 Å². The maximum absolute atomic E-state index is 13.0.